The molecule has 0 spiro atoms. The Morgan fingerprint density at radius 3 is 2.63 bits per heavy atom. The first-order valence-electron chi connectivity index (χ1n) is 9.85. The number of alkyl halides is 3. The maximum absolute atomic E-state index is 13.3. The number of ether oxygens (including phenoxy) is 1. The lowest BCUT2D eigenvalue weighted by atomic mass is 10.1. The van der Waals surface area contributed by atoms with E-state index in [4.69, 9.17) is 25.8 Å². The molecule has 2 heterocycles. The molecule has 0 aliphatic carbocycles. The van der Waals surface area contributed by atoms with E-state index < -0.39 is 23.1 Å². The van der Waals surface area contributed by atoms with Crippen molar-refractivity contribution in [3.05, 3.63) is 70.8 Å². The lowest BCUT2D eigenvalue weighted by Gasteiger charge is -2.37. The van der Waals surface area contributed by atoms with E-state index in [1.165, 1.54) is 29.1 Å². The zero-order valence-corrected chi connectivity index (χ0v) is 19.4. The van der Waals surface area contributed by atoms with E-state index in [0.29, 0.717) is 11.3 Å². The SMILES string of the molecule is CC(OCn1cnc(C#N)c1C#N)c1ccc(OS2(OC(F)(F)F)C=Nc3ccccc32)c(Cl)c1. The van der Waals surface area contributed by atoms with Crippen molar-refractivity contribution in [3.8, 4) is 17.9 Å². The Labute approximate surface area is 204 Å². The Balaban J connectivity index is 1.54. The molecular formula is C22H15ClF3N5O3S. The molecule has 0 saturated heterocycles. The van der Waals surface area contributed by atoms with Crippen LogP contribution in [0.5, 0.6) is 5.75 Å². The molecule has 8 nitrogen and oxygen atoms in total. The predicted molar refractivity (Wildman–Crippen MR) is 121 cm³/mol. The molecule has 0 amide bonds. The second-order valence-corrected chi connectivity index (χ2v) is 9.60. The maximum atomic E-state index is 13.3. The number of hydrogen-bond donors (Lipinski definition) is 0. The zero-order chi connectivity index (χ0) is 25.2. The van der Waals surface area contributed by atoms with Gasteiger partial charge in [0, 0.05) is 0 Å². The van der Waals surface area contributed by atoms with Crippen molar-refractivity contribution in [2.45, 2.75) is 31.0 Å². The van der Waals surface area contributed by atoms with Crippen LogP contribution in [0.15, 0.2) is 58.7 Å². The summed E-state index contributed by atoms with van der Waals surface area (Å²) >= 11 is 6.36. The number of aliphatic imine (C=N–C) groups is 1. The van der Waals surface area contributed by atoms with Crippen molar-refractivity contribution < 1.29 is 26.3 Å². The van der Waals surface area contributed by atoms with Gasteiger partial charge in [-0.15, -0.1) is 13.2 Å². The highest BCUT2D eigenvalue weighted by Gasteiger charge is 2.44. The van der Waals surface area contributed by atoms with E-state index in [-0.39, 0.29) is 33.8 Å². The molecule has 1 aliphatic rings. The number of rotatable bonds is 7. The predicted octanol–water partition coefficient (Wildman–Crippen LogP) is 6.30. The Hall–Kier alpha value is -3.55. The number of imidazole rings is 1. The number of hydrogen-bond acceptors (Lipinski definition) is 7. The maximum Gasteiger partial charge on any atom is 0.542 e. The smallest absolute Gasteiger partial charge is 0.380 e. The monoisotopic (exact) mass is 521 g/mol. The van der Waals surface area contributed by atoms with Crippen molar-refractivity contribution in [2.75, 3.05) is 0 Å². The molecule has 2 atom stereocenters. The molecule has 4 rings (SSSR count). The van der Waals surface area contributed by atoms with Gasteiger partial charge in [-0.25, -0.2) is 9.98 Å². The average molecular weight is 522 g/mol. The van der Waals surface area contributed by atoms with E-state index in [1.54, 1.807) is 31.2 Å². The minimum Gasteiger partial charge on any atom is -0.380 e. The van der Waals surface area contributed by atoms with Gasteiger partial charge in [0.25, 0.3) is 0 Å². The molecule has 1 aliphatic heterocycles. The molecule has 2 unspecified atom stereocenters. The molecule has 0 saturated carbocycles. The first-order valence-corrected chi connectivity index (χ1v) is 11.8. The van der Waals surface area contributed by atoms with Crippen LogP contribution in [-0.2, 0) is 15.7 Å². The van der Waals surface area contributed by atoms with Crippen LogP contribution in [0.4, 0.5) is 18.9 Å². The number of fused-ring (bicyclic) bond motifs is 1. The highest BCUT2D eigenvalue weighted by atomic mass is 35.5. The van der Waals surface area contributed by atoms with Gasteiger partial charge >= 0.3 is 6.36 Å². The second-order valence-electron chi connectivity index (χ2n) is 7.12. The van der Waals surface area contributed by atoms with Gasteiger partial charge < -0.3 is 8.92 Å². The molecule has 180 valence electrons. The standard InChI is InChI=1S/C22H15ClF3N5O3S/c1-14(32-13-31-11-29-18(9-27)19(31)10-28)15-6-7-20(16(23)8-15)33-35(34-22(24,25)26)12-30-17-4-2-3-5-21(17)35/h2-8,11-12,14H,13H2,1H3. The fourth-order valence-electron chi connectivity index (χ4n) is 3.22. The van der Waals surface area contributed by atoms with Gasteiger partial charge in [0.1, 0.15) is 29.3 Å². The summed E-state index contributed by atoms with van der Waals surface area (Å²) in [5.74, 6) is -0.0231. The number of nitrogens with zero attached hydrogens (tertiary/aromatic N) is 5. The Kier molecular flexibility index (Phi) is 6.74. The molecule has 13 heteroatoms. The molecule has 1 aromatic heterocycles. The molecule has 0 fully saturated rings. The highest BCUT2D eigenvalue weighted by molar-refractivity contribution is 8.37. The average Bonchev–Trinajstić information content (AvgIpc) is 3.38. The number of nitriles is 2. The van der Waals surface area contributed by atoms with E-state index in [2.05, 4.69) is 14.2 Å². The minimum atomic E-state index is -4.98. The molecule has 0 bridgehead atoms. The van der Waals surface area contributed by atoms with Crippen LogP contribution < -0.4 is 4.18 Å². The Morgan fingerprint density at radius 1 is 1.17 bits per heavy atom. The number of para-hydroxylation sites is 1. The molecule has 2 aromatic carbocycles. The summed E-state index contributed by atoms with van der Waals surface area (Å²) < 4.78 is 57.2. The Bertz CT molecular complexity index is 1380. The first kappa shape index (κ1) is 24.6. The Morgan fingerprint density at radius 2 is 1.94 bits per heavy atom. The summed E-state index contributed by atoms with van der Waals surface area (Å²) in [6, 6.07) is 14.5. The van der Waals surface area contributed by atoms with Crippen LogP contribution in [0.25, 0.3) is 0 Å². The van der Waals surface area contributed by atoms with E-state index in [0.717, 1.165) is 5.55 Å². The van der Waals surface area contributed by atoms with Crippen molar-refractivity contribution >= 4 is 33.4 Å². The zero-order valence-electron chi connectivity index (χ0n) is 17.9. The quantitative estimate of drug-likeness (QED) is 0.361. The lowest BCUT2D eigenvalue weighted by Crippen LogP contribution is -2.21. The summed E-state index contributed by atoms with van der Waals surface area (Å²) in [4.78, 5) is 8.04. The third kappa shape index (κ3) is 5.11. The molecule has 0 N–H and O–H groups in total. The lowest BCUT2D eigenvalue weighted by molar-refractivity contribution is -0.271. The van der Waals surface area contributed by atoms with E-state index in [9.17, 15) is 18.4 Å². The van der Waals surface area contributed by atoms with Crippen LogP contribution in [0.3, 0.4) is 0 Å². The molecule has 35 heavy (non-hydrogen) atoms. The summed E-state index contributed by atoms with van der Waals surface area (Å²) in [5.41, 5.74) is 2.00. The molecule has 3 aromatic rings. The van der Waals surface area contributed by atoms with Crippen LogP contribution >= 0.6 is 22.2 Å². The van der Waals surface area contributed by atoms with Crippen LogP contribution in [0.1, 0.15) is 30.0 Å². The highest BCUT2D eigenvalue weighted by Crippen LogP contribution is 2.65. The summed E-state index contributed by atoms with van der Waals surface area (Å²) in [7, 11) is -3.44. The van der Waals surface area contributed by atoms with Crippen molar-refractivity contribution in [3.63, 3.8) is 0 Å². The van der Waals surface area contributed by atoms with Gasteiger partial charge in [0.15, 0.2) is 17.1 Å². The third-order valence-corrected chi connectivity index (χ3v) is 7.37. The number of benzene rings is 2. The van der Waals surface area contributed by atoms with Gasteiger partial charge in [0.05, 0.1) is 23.1 Å². The summed E-state index contributed by atoms with van der Waals surface area (Å²) in [6.07, 6.45) is -4.19. The van der Waals surface area contributed by atoms with Crippen LogP contribution in [0, 0.1) is 22.7 Å². The summed E-state index contributed by atoms with van der Waals surface area (Å²) in [5, 5.41) is 18.2. The molecule has 0 radical (unpaired) electrons. The van der Waals surface area contributed by atoms with Gasteiger partial charge in [-0.1, -0.05) is 40.4 Å². The van der Waals surface area contributed by atoms with Gasteiger partial charge in [-0.2, -0.15) is 14.7 Å². The van der Waals surface area contributed by atoms with Gasteiger partial charge in [-0.05, 0) is 36.8 Å². The molecular weight excluding hydrogens is 507 g/mol. The topological polar surface area (TPSA) is 105 Å². The number of halogens is 4. The summed E-state index contributed by atoms with van der Waals surface area (Å²) in [6.45, 7) is 1.66. The third-order valence-electron chi connectivity index (χ3n) is 4.87. The number of aromatic nitrogens is 2. The van der Waals surface area contributed by atoms with Gasteiger partial charge in [-0.3, -0.25) is 4.57 Å². The van der Waals surface area contributed by atoms with Crippen molar-refractivity contribution in [1.82, 2.24) is 9.55 Å². The fourth-order valence-corrected chi connectivity index (χ4v) is 5.53. The normalized spacial score (nSPS) is 19.3. The van der Waals surface area contributed by atoms with Crippen LogP contribution in [0.2, 0.25) is 5.02 Å². The van der Waals surface area contributed by atoms with E-state index in [1.807, 2.05) is 12.1 Å². The first-order chi connectivity index (χ1) is 16.7. The fraction of sp³-hybridized carbons (Fsp3) is 0.182. The van der Waals surface area contributed by atoms with Crippen molar-refractivity contribution in [2.24, 2.45) is 4.99 Å². The van der Waals surface area contributed by atoms with Crippen molar-refractivity contribution in [1.29, 1.82) is 10.5 Å². The van der Waals surface area contributed by atoms with Gasteiger partial charge in [0.2, 0.25) is 0 Å². The van der Waals surface area contributed by atoms with E-state index >= 15 is 0 Å². The largest absolute Gasteiger partial charge is 0.542 e. The van der Waals surface area contributed by atoms with Crippen LogP contribution in [-0.4, -0.2) is 21.5 Å². The second kappa shape index (κ2) is 9.60. The minimum absolute atomic E-state index is 0.0113.